The second kappa shape index (κ2) is 9.84. The zero-order chi connectivity index (χ0) is 26.0. The summed E-state index contributed by atoms with van der Waals surface area (Å²) in [6.45, 7) is -0.811. The van der Waals surface area contributed by atoms with Crippen LogP contribution in [0.25, 0.3) is 11.1 Å². The molecule has 1 aliphatic rings. The van der Waals surface area contributed by atoms with E-state index in [2.05, 4.69) is 19.8 Å². The second-order valence-corrected chi connectivity index (χ2v) is 8.24. The number of amides is 1. The molecule has 36 heavy (non-hydrogen) atoms. The molecule has 0 N–H and O–H groups in total. The SMILES string of the molecule is CC1=NN(c2ccc(OC(F)F)c(-c3cncnc3)c2)C(=O)C1C(=O)Cc1cccc(C(C)(F)F)c1. The number of Topliss-reactive ketones (excluding diaryl/α,β-unsaturated/α-hetero) is 1. The van der Waals surface area contributed by atoms with Crippen LogP contribution in [0.2, 0.25) is 0 Å². The second-order valence-electron chi connectivity index (χ2n) is 8.24. The van der Waals surface area contributed by atoms with Crippen molar-refractivity contribution in [2.75, 3.05) is 5.01 Å². The molecule has 2 aromatic carbocycles. The Kier molecular flexibility index (Phi) is 6.82. The van der Waals surface area contributed by atoms with E-state index in [0.717, 1.165) is 11.9 Å². The number of carbonyl (C=O) groups is 2. The first kappa shape index (κ1) is 25.0. The molecule has 4 rings (SSSR count). The predicted molar refractivity (Wildman–Crippen MR) is 123 cm³/mol. The summed E-state index contributed by atoms with van der Waals surface area (Å²) in [6, 6.07) is 9.48. The van der Waals surface area contributed by atoms with Gasteiger partial charge in [0.2, 0.25) is 0 Å². The summed E-state index contributed by atoms with van der Waals surface area (Å²) in [5.41, 5.74) is 1.10. The van der Waals surface area contributed by atoms with Gasteiger partial charge in [0.25, 0.3) is 11.8 Å². The van der Waals surface area contributed by atoms with Crippen LogP contribution in [-0.4, -0.2) is 34.0 Å². The molecule has 0 saturated carbocycles. The normalized spacial score (nSPS) is 15.9. The monoisotopic (exact) mass is 500 g/mol. The Labute approximate surface area is 203 Å². The number of halogens is 4. The third kappa shape index (κ3) is 5.24. The molecular formula is C25H20F4N4O3. The Morgan fingerprint density at radius 3 is 2.53 bits per heavy atom. The fourth-order valence-corrected chi connectivity index (χ4v) is 3.89. The third-order valence-electron chi connectivity index (χ3n) is 5.56. The average Bonchev–Trinajstić information content (AvgIpc) is 3.13. The number of aromatic nitrogens is 2. The van der Waals surface area contributed by atoms with Gasteiger partial charge in [-0.1, -0.05) is 18.2 Å². The van der Waals surface area contributed by atoms with E-state index in [9.17, 15) is 27.2 Å². The van der Waals surface area contributed by atoms with E-state index in [1.54, 1.807) is 0 Å². The summed E-state index contributed by atoms with van der Waals surface area (Å²) in [6.07, 6.45) is 3.82. The Morgan fingerprint density at radius 1 is 1.14 bits per heavy atom. The van der Waals surface area contributed by atoms with Crippen LogP contribution in [0.15, 0.2) is 66.3 Å². The molecule has 3 aromatic rings. The largest absolute Gasteiger partial charge is 0.434 e. The van der Waals surface area contributed by atoms with Gasteiger partial charge in [-0.05, 0) is 36.8 Å². The van der Waals surface area contributed by atoms with Crippen LogP contribution in [0.3, 0.4) is 0 Å². The molecule has 7 nitrogen and oxygen atoms in total. The molecule has 0 radical (unpaired) electrons. The number of alkyl halides is 4. The molecule has 1 atom stereocenters. The molecule has 0 aliphatic carbocycles. The zero-order valence-corrected chi connectivity index (χ0v) is 19.2. The van der Waals surface area contributed by atoms with Gasteiger partial charge in [0, 0.05) is 42.4 Å². The summed E-state index contributed by atoms with van der Waals surface area (Å²) in [7, 11) is 0. The maximum Gasteiger partial charge on any atom is 0.387 e. The highest BCUT2D eigenvalue weighted by molar-refractivity contribution is 6.27. The van der Waals surface area contributed by atoms with Crippen LogP contribution in [0.4, 0.5) is 23.2 Å². The minimum atomic E-state index is -3.08. The number of ether oxygens (including phenoxy) is 1. The molecule has 0 bridgehead atoms. The Bertz CT molecular complexity index is 1330. The van der Waals surface area contributed by atoms with Gasteiger partial charge < -0.3 is 4.74 Å². The van der Waals surface area contributed by atoms with Crippen LogP contribution >= 0.6 is 0 Å². The van der Waals surface area contributed by atoms with E-state index < -0.39 is 30.1 Å². The lowest BCUT2D eigenvalue weighted by atomic mass is 9.93. The summed E-state index contributed by atoms with van der Waals surface area (Å²) in [4.78, 5) is 33.9. The summed E-state index contributed by atoms with van der Waals surface area (Å²) in [5.74, 6) is -5.59. The highest BCUT2D eigenvalue weighted by atomic mass is 19.3. The van der Waals surface area contributed by atoms with Crippen LogP contribution in [0.5, 0.6) is 5.75 Å². The average molecular weight is 500 g/mol. The molecule has 0 fully saturated rings. The molecule has 1 unspecified atom stereocenters. The van der Waals surface area contributed by atoms with Crippen molar-refractivity contribution in [3.05, 3.63) is 72.3 Å². The van der Waals surface area contributed by atoms with Gasteiger partial charge in [-0.25, -0.2) is 18.7 Å². The first-order chi connectivity index (χ1) is 17.0. The number of benzene rings is 2. The van der Waals surface area contributed by atoms with Gasteiger partial charge in [-0.3, -0.25) is 9.59 Å². The molecule has 11 heteroatoms. The van der Waals surface area contributed by atoms with E-state index in [4.69, 9.17) is 0 Å². The Hall–Kier alpha value is -4.15. The van der Waals surface area contributed by atoms with Crippen molar-refractivity contribution in [1.82, 2.24) is 9.97 Å². The van der Waals surface area contributed by atoms with Gasteiger partial charge >= 0.3 is 6.61 Å². The van der Waals surface area contributed by atoms with Crippen LogP contribution in [-0.2, 0) is 21.9 Å². The Balaban J connectivity index is 1.60. The van der Waals surface area contributed by atoms with Gasteiger partial charge in [0.15, 0.2) is 5.78 Å². The number of ketones is 1. The first-order valence-electron chi connectivity index (χ1n) is 10.8. The number of carbonyl (C=O) groups excluding carboxylic acids is 2. The number of rotatable bonds is 8. The van der Waals surface area contributed by atoms with Gasteiger partial charge in [0.1, 0.15) is 18.0 Å². The minimum absolute atomic E-state index is 0.156. The highest BCUT2D eigenvalue weighted by Crippen LogP contribution is 2.36. The van der Waals surface area contributed by atoms with Crippen molar-refractivity contribution in [3.63, 3.8) is 0 Å². The molecule has 0 spiro atoms. The fraction of sp³-hybridized carbons (Fsp3) is 0.240. The lowest BCUT2D eigenvalue weighted by Gasteiger charge is -2.17. The smallest absolute Gasteiger partial charge is 0.387 e. The van der Waals surface area contributed by atoms with E-state index in [0.29, 0.717) is 11.1 Å². The van der Waals surface area contributed by atoms with Gasteiger partial charge in [-0.2, -0.15) is 18.9 Å². The van der Waals surface area contributed by atoms with Crippen LogP contribution in [0.1, 0.15) is 25.0 Å². The molecule has 1 amide bonds. The highest BCUT2D eigenvalue weighted by Gasteiger charge is 2.39. The molecular weight excluding hydrogens is 480 g/mol. The zero-order valence-electron chi connectivity index (χ0n) is 19.2. The van der Waals surface area contributed by atoms with Crippen molar-refractivity contribution in [3.8, 4) is 16.9 Å². The topological polar surface area (TPSA) is 84.8 Å². The lowest BCUT2D eigenvalue weighted by Crippen LogP contribution is -2.33. The predicted octanol–water partition coefficient (Wildman–Crippen LogP) is 5.01. The summed E-state index contributed by atoms with van der Waals surface area (Å²) in [5, 5.41) is 5.21. The van der Waals surface area contributed by atoms with E-state index in [1.807, 2.05) is 0 Å². The van der Waals surface area contributed by atoms with Crippen molar-refractivity contribution < 1.29 is 31.9 Å². The maximum atomic E-state index is 13.7. The van der Waals surface area contributed by atoms with Crippen molar-refractivity contribution in [1.29, 1.82) is 0 Å². The lowest BCUT2D eigenvalue weighted by molar-refractivity contribution is -0.128. The van der Waals surface area contributed by atoms with Crippen molar-refractivity contribution >= 4 is 23.1 Å². The third-order valence-corrected chi connectivity index (χ3v) is 5.56. The van der Waals surface area contributed by atoms with Gasteiger partial charge in [0.05, 0.1) is 11.4 Å². The molecule has 186 valence electrons. The standard InChI is InChI=1S/C25H20F4N4O3/c1-14-22(20(34)9-15-4-3-5-17(8-15)25(2,28)29)23(35)33(32-14)18-6-7-21(36-24(26)27)19(10-18)16-11-30-13-31-12-16/h3-8,10-13,22,24H,9H2,1-2H3. The molecule has 2 heterocycles. The molecule has 0 saturated heterocycles. The Morgan fingerprint density at radius 2 is 1.86 bits per heavy atom. The molecule has 1 aliphatic heterocycles. The number of hydrazone groups is 1. The molecule has 1 aromatic heterocycles. The van der Waals surface area contributed by atoms with Crippen molar-refractivity contribution in [2.24, 2.45) is 11.0 Å². The summed E-state index contributed by atoms with van der Waals surface area (Å²) >= 11 is 0. The minimum Gasteiger partial charge on any atom is -0.434 e. The first-order valence-corrected chi connectivity index (χ1v) is 10.8. The van der Waals surface area contributed by atoms with Crippen LogP contribution < -0.4 is 9.75 Å². The number of hydrogen-bond donors (Lipinski definition) is 0. The number of anilines is 1. The quantitative estimate of drug-likeness (QED) is 0.321. The van der Waals surface area contributed by atoms with Gasteiger partial charge in [-0.15, -0.1) is 0 Å². The maximum absolute atomic E-state index is 13.7. The van der Waals surface area contributed by atoms with E-state index in [1.165, 1.54) is 68.1 Å². The summed E-state index contributed by atoms with van der Waals surface area (Å²) < 4.78 is 57.8. The van der Waals surface area contributed by atoms with E-state index in [-0.39, 0.29) is 34.7 Å². The van der Waals surface area contributed by atoms with E-state index >= 15 is 0 Å². The van der Waals surface area contributed by atoms with Crippen LogP contribution in [0, 0.1) is 5.92 Å². The number of nitrogens with zero attached hydrogens (tertiary/aromatic N) is 4. The number of hydrogen-bond acceptors (Lipinski definition) is 6. The van der Waals surface area contributed by atoms with Crippen molar-refractivity contribution in [2.45, 2.75) is 32.8 Å². The fourth-order valence-electron chi connectivity index (χ4n) is 3.89.